The van der Waals surface area contributed by atoms with Gasteiger partial charge in [0, 0.05) is 6.07 Å². The number of carbonyl (C=O) groups excluding carboxylic acids is 1. The summed E-state index contributed by atoms with van der Waals surface area (Å²) in [5, 5.41) is 0. The van der Waals surface area contributed by atoms with Crippen LogP contribution >= 0.6 is 0 Å². The van der Waals surface area contributed by atoms with Crippen LogP contribution in [0, 0.1) is 11.7 Å². The Bertz CT molecular complexity index is 1070. The number of hydrogen-bond acceptors (Lipinski definition) is 2. The Morgan fingerprint density at radius 3 is 2.32 bits per heavy atom. The van der Waals surface area contributed by atoms with Gasteiger partial charge in [-0.3, -0.25) is 4.79 Å². The molecule has 1 fully saturated rings. The van der Waals surface area contributed by atoms with E-state index in [1.54, 1.807) is 12.1 Å². The standard InChI is InChI=1S/C31H35FO2/c1-3-7-27-18-19-29(21-30(27)32)34-31(33)28-16-14-26(15-17-28)25-12-10-23(11-13-25)20-22(2)24-8-5-4-6-9-24/h4-6,8-13,18-19,21-22,26,28H,3,7,14-17,20H2,1-2H3/t22-,26?,28?/m0/s1. The van der Waals surface area contributed by atoms with Crippen LogP contribution in [-0.4, -0.2) is 5.97 Å². The lowest BCUT2D eigenvalue weighted by molar-refractivity contribution is -0.140. The van der Waals surface area contributed by atoms with Gasteiger partial charge in [-0.05, 0) is 78.7 Å². The molecule has 0 heterocycles. The van der Waals surface area contributed by atoms with Gasteiger partial charge < -0.3 is 4.74 Å². The monoisotopic (exact) mass is 458 g/mol. The Morgan fingerprint density at radius 2 is 1.68 bits per heavy atom. The molecule has 1 saturated carbocycles. The fourth-order valence-corrected chi connectivity index (χ4v) is 5.10. The minimum absolute atomic E-state index is 0.111. The highest BCUT2D eigenvalue weighted by atomic mass is 19.1. The van der Waals surface area contributed by atoms with Crippen molar-refractivity contribution >= 4 is 5.97 Å². The first-order valence-corrected chi connectivity index (χ1v) is 12.7. The first kappa shape index (κ1) is 24.2. The van der Waals surface area contributed by atoms with Crippen molar-refractivity contribution < 1.29 is 13.9 Å². The topological polar surface area (TPSA) is 26.3 Å². The predicted octanol–water partition coefficient (Wildman–Crippen LogP) is 8.00. The number of carbonyl (C=O) groups is 1. The first-order chi connectivity index (χ1) is 16.5. The molecule has 1 aliphatic carbocycles. The van der Waals surface area contributed by atoms with Crippen LogP contribution in [0.1, 0.15) is 80.0 Å². The molecule has 0 amide bonds. The van der Waals surface area contributed by atoms with E-state index in [-0.39, 0.29) is 17.7 Å². The molecule has 0 unspecified atom stereocenters. The van der Waals surface area contributed by atoms with Gasteiger partial charge in [0.1, 0.15) is 11.6 Å². The quantitative estimate of drug-likeness (QED) is 0.252. The van der Waals surface area contributed by atoms with E-state index < -0.39 is 0 Å². The number of esters is 1. The molecule has 0 saturated heterocycles. The molecule has 0 aliphatic heterocycles. The summed E-state index contributed by atoms with van der Waals surface area (Å²) in [6.07, 6.45) is 6.18. The summed E-state index contributed by atoms with van der Waals surface area (Å²) in [4.78, 5) is 12.7. The smallest absolute Gasteiger partial charge is 0.314 e. The molecule has 1 atom stereocenters. The molecule has 1 aliphatic rings. The summed E-state index contributed by atoms with van der Waals surface area (Å²) in [5.41, 5.74) is 4.76. The van der Waals surface area contributed by atoms with Crippen molar-refractivity contribution in [3.63, 3.8) is 0 Å². The zero-order chi connectivity index (χ0) is 23.9. The second-order valence-electron chi connectivity index (χ2n) is 9.73. The Labute approximate surface area is 203 Å². The van der Waals surface area contributed by atoms with Crippen molar-refractivity contribution in [3.8, 4) is 5.75 Å². The number of ether oxygens (including phenoxy) is 1. The Hall–Kier alpha value is -2.94. The SMILES string of the molecule is CCCc1ccc(OC(=O)C2CCC(c3ccc(C[C@H](C)c4ccccc4)cc3)CC2)cc1F. The third kappa shape index (κ3) is 6.14. The number of hydrogen-bond donors (Lipinski definition) is 0. The van der Waals surface area contributed by atoms with Crippen LogP contribution in [0.25, 0.3) is 0 Å². The molecule has 0 spiro atoms. The van der Waals surface area contributed by atoms with Crippen molar-refractivity contribution in [2.75, 3.05) is 0 Å². The Morgan fingerprint density at radius 1 is 0.971 bits per heavy atom. The fourth-order valence-electron chi connectivity index (χ4n) is 5.10. The maximum absolute atomic E-state index is 14.2. The number of aryl methyl sites for hydroxylation is 1. The van der Waals surface area contributed by atoms with E-state index in [4.69, 9.17) is 4.74 Å². The largest absolute Gasteiger partial charge is 0.426 e. The average molecular weight is 459 g/mol. The second-order valence-corrected chi connectivity index (χ2v) is 9.73. The van der Waals surface area contributed by atoms with Crippen molar-refractivity contribution in [1.29, 1.82) is 0 Å². The molecule has 34 heavy (non-hydrogen) atoms. The molecule has 2 nitrogen and oxygen atoms in total. The van der Waals surface area contributed by atoms with Crippen LogP contribution in [0.15, 0.2) is 72.8 Å². The summed E-state index contributed by atoms with van der Waals surface area (Å²) in [6, 6.07) is 24.5. The molecular weight excluding hydrogens is 423 g/mol. The summed E-state index contributed by atoms with van der Waals surface area (Å²) < 4.78 is 19.7. The molecule has 3 aromatic rings. The van der Waals surface area contributed by atoms with E-state index in [9.17, 15) is 9.18 Å². The van der Waals surface area contributed by atoms with Crippen molar-refractivity contribution in [3.05, 3.63) is 101 Å². The maximum Gasteiger partial charge on any atom is 0.314 e. The van der Waals surface area contributed by atoms with Crippen LogP contribution in [0.5, 0.6) is 5.75 Å². The van der Waals surface area contributed by atoms with Crippen LogP contribution < -0.4 is 4.74 Å². The summed E-state index contributed by atoms with van der Waals surface area (Å²) in [7, 11) is 0. The average Bonchev–Trinajstić information content (AvgIpc) is 2.87. The minimum atomic E-state index is -0.294. The molecule has 0 radical (unpaired) electrons. The van der Waals surface area contributed by atoms with Crippen LogP contribution in [-0.2, 0) is 17.6 Å². The van der Waals surface area contributed by atoms with Crippen LogP contribution in [0.4, 0.5) is 4.39 Å². The summed E-state index contributed by atoms with van der Waals surface area (Å²) in [6.45, 7) is 4.29. The van der Waals surface area contributed by atoms with Gasteiger partial charge >= 0.3 is 5.97 Å². The lowest BCUT2D eigenvalue weighted by Gasteiger charge is -2.27. The van der Waals surface area contributed by atoms with E-state index in [1.165, 1.54) is 22.8 Å². The molecule has 178 valence electrons. The third-order valence-electron chi connectivity index (χ3n) is 7.18. The normalized spacial score (nSPS) is 18.9. The van der Waals surface area contributed by atoms with Crippen molar-refractivity contribution in [2.45, 2.75) is 70.6 Å². The molecule has 3 heteroatoms. The Kier molecular flexibility index (Phi) is 8.16. The Balaban J connectivity index is 1.28. The van der Waals surface area contributed by atoms with Crippen LogP contribution in [0.2, 0.25) is 0 Å². The molecule has 0 bridgehead atoms. The summed E-state index contributed by atoms with van der Waals surface area (Å²) >= 11 is 0. The highest BCUT2D eigenvalue weighted by Gasteiger charge is 2.28. The molecular formula is C31H35FO2. The highest BCUT2D eigenvalue weighted by molar-refractivity contribution is 5.75. The molecule has 3 aromatic carbocycles. The highest BCUT2D eigenvalue weighted by Crippen LogP contribution is 2.37. The zero-order valence-corrected chi connectivity index (χ0v) is 20.3. The van der Waals surface area contributed by atoms with E-state index >= 15 is 0 Å². The number of benzene rings is 3. The first-order valence-electron chi connectivity index (χ1n) is 12.7. The van der Waals surface area contributed by atoms with Gasteiger partial charge in [-0.1, -0.05) is 80.9 Å². The third-order valence-corrected chi connectivity index (χ3v) is 7.18. The molecule has 0 N–H and O–H groups in total. The van der Waals surface area contributed by atoms with E-state index in [2.05, 4.69) is 61.5 Å². The molecule has 4 rings (SSSR count). The van der Waals surface area contributed by atoms with Gasteiger partial charge in [-0.25, -0.2) is 4.39 Å². The predicted molar refractivity (Wildman–Crippen MR) is 136 cm³/mol. The lowest BCUT2D eigenvalue weighted by Crippen LogP contribution is -2.25. The van der Waals surface area contributed by atoms with Gasteiger partial charge in [0.25, 0.3) is 0 Å². The fraction of sp³-hybridized carbons (Fsp3) is 0.387. The van der Waals surface area contributed by atoms with Gasteiger partial charge in [0.15, 0.2) is 0 Å². The lowest BCUT2D eigenvalue weighted by atomic mass is 9.78. The van der Waals surface area contributed by atoms with Gasteiger partial charge in [-0.2, -0.15) is 0 Å². The van der Waals surface area contributed by atoms with Gasteiger partial charge in [0.2, 0.25) is 0 Å². The number of rotatable bonds is 8. The molecule has 0 aromatic heterocycles. The van der Waals surface area contributed by atoms with E-state index in [0.717, 1.165) is 38.5 Å². The number of halogens is 1. The summed E-state index contributed by atoms with van der Waals surface area (Å²) in [5.74, 6) is 0.648. The van der Waals surface area contributed by atoms with E-state index in [0.29, 0.717) is 29.6 Å². The van der Waals surface area contributed by atoms with Crippen LogP contribution in [0.3, 0.4) is 0 Å². The van der Waals surface area contributed by atoms with E-state index in [1.807, 2.05) is 6.92 Å². The van der Waals surface area contributed by atoms with Gasteiger partial charge in [-0.15, -0.1) is 0 Å². The zero-order valence-electron chi connectivity index (χ0n) is 20.3. The van der Waals surface area contributed by atoms with Crippen molar-refractivity contribution in [2.24, 2.45) is 5.92 Å². The maximum atomic E-state index is 14.2. The van der Waals surface area contributed by atoms with Gasteiger partial charge in [0.05, 0.1) is 5.92 Å². The van der Waals surface area contributed by atoms with Crippen molar-refractivity contribution in [1.82, 2.24) is 0 Å². The second kappa shape index (κ2) is 11.5. The minimum Gasteiger partial charge on any atom is -0.426 e.